The minimum Gasteiger partial charge on any atom is -0.480 e. The first kappa shape index (κ1) is 63.1. The van der Waals surface area contributed by atoms with Crippen molar-refractivity contribution in [2.24, 2.45) is 0 Å². The maximum absolute atomic E-state index is 12.9. The van der Waals surface area contributed by atoms with Crippen molar-refractivity contribution in [3.05, 3.63) is 254 Å². The van der Waals surface area contributed by atoms with Gasteiger partial charge in [0.15, 0.2) is 0 Å². The van der Waals surface area contributed by atoms with Crippen molar-refractivity contribution in [1.82, 2.24) is 20.6 Å². The molecule has 10 aromatic rings. The van der Waals surface area contributed by atoms with E-state index in [1.165, 1.54) is 12.1 Å². The number of para-hydroxylation sites is 4. The summed E-state index contributed by atoms with van der Waals surface area (Å²) in [6.45, 7) is 0.192. The number of halogens is 1. The van der Waals surface area contributed by atoms with Gasteiger partial charge >= 0.3 is 24.1 Å². The Hall–Kier alpha value is -9.89. The van der Waals surface area contributed by atoms with Gasteiger partial charge in [-0.3, -0.25) is 20.2 Å². The van der Waals surface area contributed by atoms with Crippen LogP contribution < -0.4 is 10.6 Å². The average molecular weight is 1230 g/mol. The van der Waals surface area contributed by atoms with Crippen LogP contribution in [0.3, 0.4) is 0 Å². The number of nitrogens with one attached hydrogen (secondary N) is 4. The van der Waals surface area contributed by atoms with Gasteiger partial charge in [0.05, 0.1) is 19.8 Å². The number of nitro groups is 2. The van der Waals surface area contributed by atoms with Crippen molar-refractivity contribution < 1.29 is 48.7 Å². The molecule has 12 rings (SSSR count). The van der Waals surface area contributed by atoms with E-state index in [1.807, 2.05) is 133 Å². The zero-order chi connectivity index (χ0) is 59.6. The molecule has 2 aliphatic rings. The van der Waals surface area contributed by atoms with E-state index in [1.54, 1.807) is 42.6 Å². The van der Waals surface area contributed by atoms with E-state index in [0.717, 1.165) is 94.6 Å². The number of nitrogens with zero attached hydrogens (tertiary/aromatic N) is 2. The molecule has 0 radical (unpaired) electrons. The monoisotopic (exact) mass is 1230 g/mol. The fourth-order valence-electron chi connectivity index (χ4n) is 10.6. The number of rotatable bonds is 17. The Kier molecular flexibility index (Phi) is 20.9. The number of hydrogen-bond donors (Lipinski definition) is 6. The summed E-state index contributed by atoms with van der Waals surface area (Å²) in [5, 5.41) is 48.9. The first-order valence-corrected chi connectivity index (χ1v) is 29.0. The summed E-state index contributed by atoms with van der Waals surface area (Å²) in [6, 6.07) is 57.4. The Balaban J connectivity index is 0.000000193. The number of benzene rings is 8. The van der Waals surface area contributed by atoms with Crippen molar-refractivity contribution in [1.29, 1.82) is 0 Å². The molecule has 87 heavy (non-hydrogen) atoms. The fraction of sp³-hybridized carbons (Fsp3) is 0.152. The van der Waals surface area contributed by atoms with Crippen LogP contribution in [0.1, 0.15) is 60.1 Å². The highest BCUT2D eigenvalue weighted by atomic mass is 35.7. The molecule has 0 fully saturated rings. The highest BCUT2D eigenvalue weighted by molar-refractivity contribution is 8.21. The highest BCUT2D eigenvalue weighted by Crippen LogP contribution is 2.46. The number of amides is 2. The quantitative estimate of drug-likeness (QED) is 0.0366. The molecule has 2 aromatic heterocycles. The van der Waals surface area contributed by atoms with Gasteiger partial charge in [0.1, 0.15) is 30.2 Å². The number of aromatic nitrogens is 2. The molecule has 0 spiro atoms. The molecule has 444 valence electrons. The third kappa shape index (κ3) is 14.3. The molecule has 8 aromatic carbocycles. The largest absolute Gasteiger partial charge is 0.480 e. The van der Waals surface area contributed by atoms with Crippen LogP contribution in [0.25, 0.3) is 44.1 Å². The third-order valence-electron chi connectivity index (χ3n) is 14.6. The Labute approximate surface area is 513 Å². The van der Waals surface area contributed by atoms with Crippen molar-refractivity contribution >= 4 is 90.7 Å². The fourth-order valence-corrected chi connectivity index (χ4v) is 12.5. The van der Waals surface area contributed by atoms with Gasteiger partial charge in [0, 0.05) is 64.8 Å². The number of hydrogen-bond acceptors (Lipinski definition) is 12. The lowest BCUT2D eigenvalue weighted by atomic mass is 9.98. The van der Waals surface area contributed by atoms with Crippen LogP contribution >= 0.6 is 33.4 Å². The van der Waals surface area contributed by atoms with Crippen LogP contribution in [-0.2, 0) is 31.9 Å². The van der Waals surface area contributed by atoms with E-state index in [2.05, 4.69) is 32.7 Å². The first-order valence-electron chi connectivity index (χ1n) is 26.5. The van der Waals surface area contributed by atoms with Crippen molar-refractivity contribution in [2.45, 2.75) is 66.4 Å². The van der Waals surface area contributed by atoms with Crippen LogP contribution in [0.4, 0.5) is 21.0 Å². The summed E-state index contributed by atoms with van der Waals surface area (Å²) in [4.78, 5) is 77.9. The number of aliphatic carboxylic acids is 2. The normalized spacial score (nSPS) is 12.3. The molecule has 0 bridgehead atoms. The SMILES string of the molecule is C.C.O=C(NC(Cc1c(Sc2ccccc2[N+](=O)[O-])[nH]c2ccccc12)C(=O)O)OCC1c2ccccc2-c2ccccc21.O=C(NC(Cc1c[nH]c2ccccc12)C(=O)O)OCC1c2ccccc2-c2ccccc21.O=[N+]([O-])c1ccccc1SCl. The molecule has 2 amide bonds. The molecule has 2 unspecified atom stereocenters. The van der Waals surface area contributed by atoms with E-state index in [4.69, 9.17) is 20.2 Å². The number of aromatic amines is 2. The summed E-state index contributed by atoms with van der Waals surface area (Å²) >= 11 is 1.15. The van der Waals surface area contributed by atoms with E-state index in [9.17, 15) is 49.6 Å². The van der Waals surface area contributed by atoms with Gasteiger partial charge < -0.3 is 40.3 Å². The number of carbonyl (C=O) groups excluding carboxylic acids is 2. The van der Waals surface area contributed by atoms with Crippen LogP contribution in [-0.4, -0.2) is 79.5 Å². The zero-order valence-electron chi connectivity index (χ0n) is 44.8. The van der Waals surface area contributed by atoms with Gasteiger partial charge in [-0.2, -0.15) is 0 Å². The van der Waals surface area contributed by atoms with E-state index < -0.39 is 46.1 Å². The number of fused-ring (bicyclic) bond motifs is 8. The molecule has 18 nitrogen and oxygen atoms in total. The standard InChI is InChI=1S/C32H25N3O6S.C26H22N2O4.C6H4ClNO2S.2CH4/c36-31(37)27(34-32(38)41-18-25-21-11-3-1-9-19(21)20-10-2-4-12-22(20)25)17-24-23-13-5-6-14-26(23)33-30(24)42-29-16-8-7-15-28(29)35(39)40;29-25(30)24(13-16-14-27-23-12-6-5-7-17(16)23)28-26(31)32-15-22-20-10-3-1-8-18(20)19-9-2-4-11-21(19)22;7-11-6-4-2-1-3-5(6)8(9)10;;/h1-16,25,27,33H,17-18H2,(H,34,38)(H,36,37);1-12,14,22,24,27H,13,15H2,(H,28,31)(H,29,30);1-4H;2*1H4. The molecule has 2 atom stereocenters. The predicted molar refractivity (Wildman–Crippen MR) is 339 cm³/mol. The van der Waals surface area contributed by atoms with Crippen LogP contribution in [0.5, 0.6) is 0 Å². The number of ether oxygens (including phenoxy) is 2. The molecule has 21 heteroatoms. The van der Waals surface area contributed by atoms with Crippen molar-refractivity contribution in [2.75, 3.05) is 13.2 Å². The second-order valence-corrected chi connectivity index (χ2v) is 21.7. The van der Waals surface area contributed by atoms with Gasteiger partial charge in [-0.1, -0.05) is 184 Å². The Morgan fingerprint density at radius 2 is 0.920 bits per heavy atom. The van der Waals surface area contributed by atoms with Gasteiger partial charge in [-0.15, -0.1) is 0 Å². The lowest BCUT2D eigenvalue weighted by Crippen LogP contribution is -2.43. The van der Waals surface area contributed by atoms with Gasteiger partial charge in [0.2, 0.25) is 0 Å². The van der Waals surface area contributed by atoms with Crippen molar-refractivity contribution in [3.8, 4) is 22.3 Å². The van der Waals surface area contributed by atoms with Crippen LogP contribution in [0, 0.1) is 20.2 Å². The van der Waals surface area contributed by atoms with Gasteiger partial charge in [-0.05, 0) is 102 Å². The Morgan fingerprint density at radius 1 is 0.529 bits per heavy atom. The second-order valence-electron chi connectivity index (χ2n) is 19.6. The number of nitro benzene ring substituents is 2. The number of carbonyl (C=O) groups is 4. The maximum Gasteiger partial charge on any atom is 0.407 e. The molecule has 2 aliphatic carbocycles. The van der Waals surface area contributed by atoms with E-state index in [-0.39, 0.29) is 64.1 Å². The number of carboxylic acid groups (broad SMARTS) is 2. The number of H-pyrrole nitrogens is 2. The summed E-state index contributed by atoms with van der Waals surface area (Å²) in [6.07, 6.45) is 0.298. The van der Waals surface area contributed by atoms with Crippen LogP contribution in [0.2, 0.25) is 0 Å². The topological polar surface area (TPSA) is 269 Å². The minimum absolute atomic E-state index is 0. The van der Waals surface area contributed by atoms with Crippen molar-refractivity contribution in [3.63, 3.8) is 0 Å². The molecule has 6 N–H and O–H groups in total. The molecular weight excluding hydrogens is 1170 g/mol. The van der Waals surface area contributed by atoms with E-state index in [0.29, 0.717) is 20.4 Å². The molecule has 0 saturated heterocycles. The summed E-state index contributed by atoms with van der Waals surface area (Å²) in [5.74, 6) is -2.58. The smallest absolute Gasteiger partial charge is 0.407 e. The lowest BCUT2D eigenvalue weighted by Gasteiger charge is -2.18. The van der Waals surface area contributed by atoms with E-state index >= 15 is 0 Å². The number of alkyl carbamates (subject to hydrolysis) is 2. The second kappa shape index (κ2) is 28.8. The lowest BCUT2D eigenvalue weighted by molar-refractivity contribution is -0.387. The molecular formula is C66H59ClN6O12S2. The van der Waals surface area contributed by atoms with Gasteiger partial charge in [-0.25, -0.2) is 19.2 Å². The van der Waals surface area contributed by atoms with Crippen LogP contribution in [0.15, 0.2) is 215 Å². The highest BCUT2D eigenvalue weighted by Gasteiger charge is 2.33. The first-order chi connectivity index (χ1) is 41.3. The number of carboxylic acids is 2. The molecule has 2 heterocycles. The Morgan fingerprint density at radius 3 is 1.38 bits per heavy atom. The van der Waals surface area contributed by atoms with Gasteiger partial charge in [0.25, 0.3) is 11.4 Å². The molecule has 0 aliphatic heterocycles. The minimum atomic E-state index is -1.30. The summed E-state index contributed by atoms with van der Waals surface area (Å²) in [7, 11) is 6.24. The zero-order valence-corrected chi connectivity index (χ0v) is 47.1. The summed E-state index contributed by atoms with van der Waals surface area (Å²) in [5.41, 5.74) is 11.9. The molecule has 0 saturated carbocycles. The average Bonchev–Trinajstić information content (AvgIpc) is 1.81. The maximum atomic E-state index is 12.9. The Bertz CT molecular complexity index is 4060. The predicted octanol–water partition coefficient (Wildman–Crippen LogP) is 15.6. The third-order valence-corrected chi connectivity index (χ3v) is 16.7. The summed E-state index contributed by atoms with van der Waals surface area (Å²) < 4.78 is 11.1.